The van der Waals surface area contributed by atoms with E-state index in [4.69, 9.17) is 9.84 Å². The monoisotopic (exact) mass is 173 g/mol. The van der Waals surface area contributed by atoms with Crippen molar-refractivity contribution in [1.82, 2.24) is 4.90 Å². The number of nitrogens with zero attached hydrogens (tertiary/aromatic N) is 1. The largest absolute Gasteiger partial charge is 0.465 e. The van der Waals surface area contributed by atoms with Gasteiger partial charge in [-0.05, 0) is 19.8 Å². The van der Waals surface area contributed by atoms with Crippen molar-refractivity contribution in [2.75, 3.05) is 19.7 Å². The molecule has 70 valence electrons. The molecule has 1 amide bonds. The molecule has 12 heavy (non-hydrogen) atoms. The average molecular weight is 173 g/mol. The van der Waals surface area contributed by atoms with Crippen LogP contribution in [-0.4, -0.2) is 41.9 Å². The molecular weight excluding hydrogens is 158 g/mol. The van der Waals surface area contributed by atoms with Crippen molar-refractivity contribution in [3.63, 3.8) is 0 Å². The summed E-state index contributed by atoms with van der Waals surface area (Å²) >= 11 is 0. The predicted molar refractivity (Wildman–Crippen MR) is 44.2 cm³/mol. The zero-order chi connectivity index (χ0) is 8.97. The highest BCUT2D eigenvalue weighted by molar-refractivity contribution is 5.65. The lowest BCUT2D eigenvalue weighted by Gasteiger charge is -2.30. The van der Waals surface area contributed by atoms with Crippen molar-refractivity contribution in [2.24, 2.45) is 0 Å². The van der Waals surface area contributed by atoms with Crippen molar-refractivity contribution in [3.05, 3.63) is 0 Å². The molecule has 0 spiro atoms. The van der Waals surface area contributed by atoms with Crippen LogP contribution in [0.4, 0.5) is 4.79 Å². The van der Waals surface area contributed by atoms with E-state index in [1.807, 2.05) is 6.92 Å². The Bertz CT molecular complexity index is 158. The second-order valence-electron chi connectivity index (χ2n) is 2.95. The second-order valence-corrected chi connectivity index (χ2v) is 2.95. The number of carbonyl (C=O) groups is 1. The molecule has 0 unspecified atom stereocenters. The van der Waals surface area contributed by atoms with Crippen molar-refractivity contribution in [3.8, 4) is 0 Å². The fraction of sp³-hybridized carbons (Fsp3) is 0.875. The highest BCUT2D eigenvalue weighted by Gasteiger charge is 2.22. The van der Waals surface area contributed by atoms with Crippen LogP contribution in [0, 0.1) is 0 Å². The van der Waals surface area contributed by atoms with Crippen molar-refractivity contribution < 1.29 is 14.6 Å². The fourth-order valence-corrected chi connectivity index (χ4v) is 1.48. The molecule has 1 aliphatic heterocycles. The standard InChI is InChI=1S/C8H15NO3/c1-2-12-7-4-3-5-9(6-7)8(10)11/h7H,2-6H2,1H3,(H,10,11)/t7-/m1/s1. The SMILES string of the molecule is CCO[C@@H]1CCCN(C(=O)O)C1. The molecule has 0 aromatic heterocycles. The lowest BCUT2D eigenvalue weighted by molar-refractivity contribution is 0.00927. The van der Waals surface area contributed by atoms with Gasteiger partial charge in [-0.2, -0.15) is 0 Å². The van der Waals surface area contributed by atoms with Crippen molar-refractivity contribution in [2.45, 2.75) is 25.9 Å². The van der Waals surface area contributed by atoms with Gasteiger partial charge in [-0.1, -0.05) is 0 Å². The van der Waals surface area contributed by atoms with E-state index in [-0.39, 0.29) is 6.10 Å². The summed E-state index contributed by atoms with van der Waals surface area (Å²) in [5.41, 5.74) is 0. The van der Waals surface area contributed by atoms with Gasteiger partial charge >= 0.3 is 6.09 Å². The van der Waals surface area contributed by atoms with E-state index in [1.165, 1.54) is 4.90 Å². The summed E-state index contributed by atoms with van der Waals surface area (Å²) in [6.07, 6.45) is 1.17. The first-order valence-electron chi connectivity index (χ1n) is 4.33. The maximum absolute atomic E-state index is 10.6. The van der Waals surface area contributed by atoms with Gasteiger partial charge < -0.3 is 14.7 Å². The Morgan fingerprint density at radius 2 is 2.50 bits per heavy atom. The Hall–Kier alpha value is -0.770. The van der Waals surface area contributed by atoms with Gasteiger partial charge in [-0.15, -0.1) is 0 Å². The molecule has 1 fully saturated rings. The molecule has 4 heteroatoms. The van der Waals surface area contributed by atoms with Gasteiger partial charge in [0.1, 0.15) is 0 Å². The average Bonchev–Trinajstić information content (AvgIpc) is 2.05. The van der Waals surface area contributed by atoms with Crippen LogP contribution in [0.3, 0.4) is 0 Å². The molecule has 1 atom stereocenters. The highest BCUT2D eigenvalue weighted by Crippen LogP contribution is 2.12. The quantitative estimate of drug-likeness (QED) is 0.681. The molecule has 1 rings (SSSR count). The van der Waals surface area contributed by atoms with Gasteiger partial charge in [-0.25, -0.2) is 4.79 Å². The Labute approximate surface area is 72.1 Å². The molecule has 0 aromatic rings. The van der Waals surface area contributed by atoms with Gasteiger partial charge in [0, 0.05) is 13.2 Å². The van der Waals surface area contributed by atoms with E-state index in [2.05, 4.69) is 0 Å². The molecule has 1 heterocycles. The normalized spacial score (nSPS) is 24.1. The van der Waals surface area contributed by atoms with Crippen LogP contribution in [0.15, 0.2) is 0 Å². The van der Waals surface area contributed by atoms with Crippen LogP contribution in [0.25, 0.3) is 0 Å². The maximum Gasteiger partial charge on any atom is 0.407 e. The van der Waals surface area contributed by atoms with Crippen LogP contribution in [0.5, 0.6) is 0 Å². The third-order valence-corrected chi connectivity index (χ3v) is 2.05. The summed E-state index contributed by atoms with van der Waals surface area (Å²) in [6, 6.07) is 0. The molecule has 0 aromatic carbocycles. The molecule has 0 radical (unpaired) electrons. The molecule has 4 nitrogen and oxygen atoms in total. The predicted octanol–water partition coefficient (Wildman–Crippen LogP) is 1.17. The van der Waals surface area contributed by atoms with Crippen LogP contribution < -0.4 is 0 Å². The fourth-order valence-electron chi connectivity index (χ4n) is 1.48. The van der Waals surface area contributed by atoms with E-state index in [0.29, 0.717) is 19.7 Å². The number of rotatable bonds is 2. The molecule has 1 saturated heterocycles. The first kappa shape index (κ1) is 9.32. The third-order valence-electron chi connectivity index (χ3n) is 2.05. The minimum absolute atomic E-state index is 0.111. The van der Waals surface area contributed by atoms with Gasteiger partial charge in [0.2, 0.25) is 0 Å². The smallest absolute Gasteiger partial charge is 0.407 e. The third kappa shape index (κ3) is 2.37. The summed E-state index contributed by atoms with van der Waals surface area (Å²) in [6.45, 7) is 3.78. The molecular formula is C8H15NO3. The molecule has 1 N–H and O–H groups in total. The van der Waals surface area contributed by atoms with E-state index in [9.17, 15) is 4.79 Å². The number of likely N-dealkylation sites (tertiary alicyclic amines) is 1. The van der Waals surface area contributed by atoms with E-state index < -0.39 is 6.09 Å². The molecule has 1 aliphatic rings. The van der Waals surface area contributed by atoms with Crippen molar-refractivity contribution >= 4 is 6.09 Å². The Morgan fingerprint density at radius 3 is 3.08 bits per heavy atom. The zero-order valence-corrected chi connectivity index (χ0v) is 7.32. The van der Waals surface area contributed by atoms with E-state index in [0.717, 1.165) is 12.8 Å². The van der Waals surface area contributed by atoms with Crippen LogP contribution in [0.2, 0.25) is 0 Å². The van der Waals surface area contributed by atoms with Crippen LogP contribution >= 0.6 is 0 Å². The topological polar surface area (TPSA) is 49.8 Å². The lowest BCUT2D eigenvalue weighted by atomic mass is 10.1. The summed E-state index contributed by atoms with van der Waals surface area (Å²) in [7, 11) is 0. The van der Waals surface area contributed by atoms with Crippen LogP contribution in [-0.2, 0) is 4.74 Å². The second kappa shape index (κ2) is 4.30. The van der Waals surface area contributed by atoms with Gasteiger partial charge in [0.05, 0.1) is 12.6 Å². The number of piperidine rings is 1. The zero-order valence-electron chi connectivity index (χ0n) is 7.32. The number of amides is 1. The Morgan fingerprint density at radius 1 is 1.75 bits per heavy atom. The van der Waals surface area contributed by atoms with Gasteiger partial charge in [0.25, 0.3) is 0 Å². The van der Waals surface area contributed by atoms with Crippen LogP contribution in [0.1, 0.15) is 19.8 Å². The number of carboxylic acid groups (broad SMARTS) is 1. The van der Waals surface area contributed by atoms with E-state index in [1.54, 1.807) is 0 Å². The molecule has 0 saturated carbocycles. The maximum atomic E-state index is 10.6. The lowest BCUT2D eigenvalue weighted by Crippen LogP contribution is -2.42. The number of ether oxygens (including phenoxy) is 1. The molecule has 0 aliphatic carbocycles. The number of hydrogen-bond donors (Lipinski definition) is 1. The molecule has 0 bridgehead atoms. The summed E-state index contributed by atoms with van der Waals surface area (Å²) < 4.78 is 5.36. The Balaban J connectivity index is 2.35. The first-order chi connectivity index (χ1) is 5.74. The minimum Gasteiger partial charge on any atom is -0.465 e. The first-order valence-corrected chi connectivity index (χ1v) is 4.33. The summed E-state index contributed by atoms with van der Waals surface area (Å²) in [5.74, 6) is 0. The van der Waals surface area contributed by atoms with E-state index >= 15 is 0 Å². The minimum atomic E-state index is -0.834. The van der Waals surface area contributed by atoms with Crippen molar-refractivity contribution in [1.29, 1.82) is 0 Å². The summed E-state index contributed by atoms with van der Waals surface area (Å²) in [4.78, 5) is 12.0. The highest BCUT2D eigenvalue weighted by atomic mass is 16.5. The Kier molecular flexibility index (Phi) is 3.34. The van der Waals surface area contributed by atoms with Gasteiger partial charge in [-0.3, -0.25) is 0 Å². The number of hydrogen-bond acceptors (Lipinski definition) is 2. The summed E-state index contributed by atoms with van der Waals surface area (Å²) in [5, 5.41) is 8.69. The van der Waals surface area contributed by atoms with Gasteiger partial charge in [0.15, 0.2) is 0 Å².